The lowest BCUT2D eigenvalue weighted by Gasteiger charge is -2.15. The number of rotatable bonds is 8. The van der Waals surface area contributed by atoms with Crippen LogP contribution < -0.4 is 5.32 Å². The molecule has 114 valence electrons. The van der Waals surface area contributed by atoms with Crippen LogP contribution in [0.15, 0.2) is 24.3 Å². The molecular formula is C16H23N3O2. The smallest absolute Gasteiger partial charge is 0.320 e. The minimum atomic E-state index is -0.793. The zero-order chi connectivity index (χ0) is 15.2. The second kappa shape index (κ2) is 7.22. The fourth-order valence-corrected chi connectivity index (χ4v) is 2.61. The Labute approximate surface area is 125 Å². The van der Waals surface area contributed by atoms with Crippen molar-refractivity contribution < 1.29 is 9.90 Å². The highest BCUT2D eigenvalue weighted by molar-refractivity contribution is 5.76. The summed E-state index contributed by atoms with van der Waals surface area (Å²) < 4.78 is 2.16. The first-order chi connectivity index (χ1) is 10.2. The van der Waals surface area contributed by atoms with Gasteiger partial charge < -0.3 is 15.0 Å². The van der Waals surface area contributed by atoms with Gasteiger partial charge in [0.05, 0.1) is 11.0 Å². The fourth-order valence-electron chi connectivity index (χ4n) is 2.61. The third-order valence-electron chi connectivity index (χ3n) is 3.60. The second-order valence-electron chi connectivity index (χ2n) is 5.16. The lowest BCUT2D eigenvalue weighted by Crippen LogP contribution is -2.37. The first-order valence-corrected chi connectivity index (χ1v) is 7.57. The molecule has 2 N–H and O–H groups in total. The van der Waals surface area contributed by atoms with Gasteiger partial charge in [0.15, 0.2) is 0 Å². The van der Waals surface area contributed by atoms with E-state index in [0.29, 0.717) is 19.5 Å². The zero-order valence-corrected chi connectivity index (χ0v) is 12.7. The summed E-state index contributed by atoms with van der Waals surface area (Å²) in [4.78, 5) is 15.9. The third kappa shape index (κ3) is 3.61. The van der Waals surface area contributed by atoms with Crippen molar-refractivity contribution in [2.75, 3.05) is 6.54 Å². The summed E-state index contributed by atoms with van der Waals surface area (Å²) in [5.74, 6) is 0.248. The molecule has 0 radical (unpaired) electrons. The van der Waals surface area contributed by atoms with Gasteiger partial charge in [0.2, 0.25) is 0 Å². The summed E-state index contributed by atoms with van der Waals surface area (Å²) in [6.07, 6.45) is 2.49. The van der Waals surface area contributed by atoms with Crippen LogP contribution >= 0.6 is 0 Å². The molecule has 0 fully saturated rings. The minimum absolute atomic E-state index is 0.509. The molecule has 1 heterocycles. The van der Waals surface area contributed by atoms with Crippen LogP contribution in [0.5, 0.6) is 0 Å². The standard InChI is InChI=1S/C16H23N3O2/c1-3-7-15-18-12-8-5-6-9-14(12)19(15)11-10-13(16(20)21)17-4-2/h5-6,8-9,13,17H,3-4,7,10-11H2,1-2H3,(H,20,21). The van der Waals surface area contributed by atoms with E-state index in [4.69, 9.17) is 0 Å². The summed E-state index contributed by atoms with van der Waals surface area (Å²) in [6.45, 7) is 5.37. The van der Waals surface area contributed by atoms with E-state index in [-0.39, 0.29) is 0 Å². The number of benzene rings is 1. The van der Waals surface area contributed by atoms with Gasteiger partial charge in [-0.15, -0.1) is 0 Å². The minimum Gasteiger partial charge on any atom is -0.480 e. The van der Waals surface area contributed by atoms with Crippen LogP contribution in [0, 0.1) is 0 Å². The number of hydrogen-bond donors (Lipinski definition) is 2. The Balaban J connectivity index is 2.23. The summed E-state index contributed by atoms with van der Waals surface area (Å²) in [5, 5.41) is 12.2. The van der Waals surface area contributed by atoms with E-state index in [1.165, 1.54) is 0 Å². The molecule has 21 heavy (non-hydrogen) atoms. The topological polar surface area (TPSA) is 67.2 Å². The Bertz CT molecular complexity index is 607. The molecule has 0 aliphatic rings. The number of aromatic nitrogens is 2. The third-order valence-corrected chi connectivity index (χ3v) is 3.60. The molecule has 0 spiro atoms. The number of fused-ring (bicyclic) bond motifs is 1. The number of carbonyl (C=O) groups is 1. The highest BCUT2D eigenvalue weighted by atomic mass is 16.4. The average Bonchev–Trinajstić information content (AvgIpc) is 2.81. The molecular weight excluding hydrogens is 266 g/mol. The van der Waals surface area contributed by atoms with Gasteiger partial charge in [-0.3, -0.25) is 4.79 Å². The number of likely N-dealkylation sites (N-methyl/N-ethyl adjacent to an activating group) is 1. The molecule has 0 aliphatic carbocycles. The molecule has 0 saturated carbocycles. The Morgan fingerprint density at radius 3 is 2.81 bits per heavy atom. The number of aryl methyl sites for hydroxylation is 2. The van der Waals surface area contributed by atoms with Gasteiger partial charge in [-0.1, -0.05) is 26.0 Å². The number of carboxylic acid groups (broad SMARTS) is 1. The molecule has 1 unspecified atom stereocenters. The average molecular weight is 289 g/mol. The molecule has 0 saturated heterocycles. The monoisotopic (exact) mass is 289 g/mol. The number of aliphatic carboxylic acids is 1. The number of nitrogens with one attached hydrogen (secondary N) is 1. The lowest BCUT2D eigenvalue weighted by atomic mass is 10.2. The SMILES string of the molecule is CCCc1nc2ccccc2n1CCC(NCC)C(=O)O. The largest absolute Gasteiger partial charge is 0.480 e. The molecule has 1 atom stereocenters. The molecule has 1 aromatic heterocycles. The molecule has 5 heteroatoms. The van der Waals surface area contributed by atoms with E-state index in [9.17, 15) is 9.90 Å². The number of imidazole rings is 1. The van der Waals surface area contributed by atoms with Gasteiger partial charge in [-0.2, -0.15) is 0 Å². The molecule has 5 nitrogen and oxygen atoms in total. The van der Waals surface area contributed by atoms with E-state index in [1.54, 1.807) is 0 Å². The number of nitrogens with zero attached hydrogens (tertiary/aromatic N) is 2. The Kier molecular flexibility index (Phi) is 5.33. The number of para-hydroxylation sites is 2. The first-order valence-electron chi connectivity index (χ1n) is 7.57. The molecule has 1 aromatic carbocycles. The maximum atomic E-state index is 11.2. The summed E-state index contributed by atoms with van der Waals surface area (Å²) in [7, 11) is 0. The summed E-state index contributed by atoms with van der Waals surface area (Å²) in [5.41, 5.74) is 2.07. The highest BCUT2D eigenvalue weighted by Crippen LogP contribution is 2.18. The second-order valence-corrected chi connectivity index (χ2v) is 5.16. The van der Waals surface area contributed by atoms with Crippen LogP contribution in [0.2, 0.25) is 0 Å². The molecule has 2 aromatic rings. The van der Waals surface area contributed by atoms with Gasteiger partial charge >= 0.3 is 5.97 Å². The van der Waals surface area contributed by atoms with Crippen molar-refractivity contribution in [3.63, 3.8) is 0 Å². The van der Waals surface area contributed by atoms with Gasteiger partial charge in [-0.05, 0) is 31.5 Å². The fraction of sp³-hybridized carbons (Fsp3) is 0.500. The number of carboxylic acids is 1. The molecule has 0 aliphatic heterocycles. The quantitative estimate of drug-likeness (QED) is 0.783. The van der Waals surface area contributed by atoms with Crippen LogP contribution in [0.4, 0.5) is 0 Å². The van der Waals surface area contributed by atoms with Crippen LogP contribution in [-0.2, 0) is 17.8 Å². The van der Waals surface area contributed by atoms with Crippen molar-refractivity contribution in [2.45, 2.75) is 45.7 Å². The van der Waals surface area contributed by atoms with Gasteiger partial charge in [-0.25, -0.2) is 4.98 Å². The lowest BCUT2D eigenvalue weighted by molar-refractivity contribution is -0.139. The van der Waals surface area contributed by atoms with E-state index in [1.807, 2.05) is 31.2 Å². The van der Waals surface area contributed by atoms with Gasteiger partial charge in [0, 0.05) is 13.0 Å². The normalized spacial score (nSPS) is 12.7. The van der Waals surface area contributed by atoms with Crippen molar-refractivity contribution in [3.8, 4) is 0 Å². The maximum Gasteiger partial charge on any atom is 0.320 e. The van der Waals surface area contributed by atoms with Gasteiger partial charge in [0.1, 0.15) is 11.9 Å². The van der Waals surface area contributed by atoms with Crippen molar-refractivity contribution >= 4 is 17.0 Å². The van der Waals surface area contributed by atoms with Crippen LogP contribution in [-0.4, -0.2) is 33.2 Å². The van der Waals surface area contributed by atoms with E-state index >= 15 is 0 Å². The molecule has 0 amide bonds. The van der Waals surface area contributed by atoms with Crippen LogP contribution in [0.25, 0.3) is 11.0 Å². The van der Waals surface area contributed by atoms with Crippen LogP contribution in [0.1, 0.15) is 32.5 Å². The van der Waals surface area contributed by atoms with Crippen molar-refractivity contribution in [1.29, 1.82) is 0 Å². The van der Waals surface area contributed by atoms with E-state index < -0.39 is 12.0 Å². The van der Waals surface area contributed by atoms with E-state index in [0.717, 1.165) is 29.7 Å². The predicted molar refractivity (Wildman–Crippen MR) is 83.4 cm³/mol. The van der Waals surface area contributed by atoms with Crippen molar-refractivity contribution in [1.82, 2.24) is 14.9 Å². The predicted octanol–water partition coefficient (Wildman–Crippen LogP) is 2.44. The maximum absolute atomic E-state index is 11.2. The number of hydrogen-bond acceptors (Lipinski definition) is 3. The summed E-state index contributed by atoms with van der Waals surface area (Å²) in [6, 6.07) is 7.52. The Hall–Kier alpha value is -1.88. The van der Waals surface area contributed by atoms with Crippen molar-refractivity contribution in [3.05, 3.63) is 30.1 Å². The van der Waals surface area contributed by atoms with E-state index in [2.05, 4.69) is 21.8 Å². The van der Waals surface area contributed by atoms with Gasteiger partial charge in [0.25, 0.3) is 0 Å². The zero-order valence-electron chi connectivity index (χ0n) is 12.7. The summed E-state index contributed by atoms with van der Waals surface area (Å²) >= 11 is 0. The molecule has 2 rings (SSSR count). The first kappa shape index (κ1) is 15.5. The molecule has 0 bridgehead atoms. The van der Waals surface area contributed by atoms with Crippen molar-refractivity contribution in [2.24, 2.45) is 0 Å². The highest BCUT2D eigenvalue weighted by Gasteiger charge is 2.17. The Morgan fingerprint density at radius 1 is 1.38 bits per heavy atom. The van der Waals surface area contributed by atoms with Crippen LogP contribution in [0.3, 0.4) is 0 Å². The Morgan fingerprint density at radius 2 is 2.14 bits per heavy atom.